The van der Waals surface area contributed by atoms with Crippen LogP contribution < -0.4 is 5.32 Å². The maximum absolute atomic E-state index is 3.98. The van der Waals surface area contributed by atoms with Crippen LogP contribution in [-0.4, -0.2) is 23.6 Å². The standard InChI is InChI=1S/C15H29NS/c1-17-15-11-7-10-14(12-15)16-13-8-5-3-2-4-6-9-13/h13-16H,2-12H2,1H3. The number of hydrogen-bond acceptors (Lipinski definition) is 2. The van der Waals surface area contributed by atoms with Gasteiger partial charge in [-0.1, -0.05) is 38.5 Å². The maximum Gasteiger partial charge on any atom is 0.00801 e. The lowest BCUT2D eigenvalue weighted by molar-refractivity contribution is 0.304. The normalized spacial score (nSPS) is 33.0. The number of nitrogens with one attached hydrogen (secondary N) is 1. The third-order valence-electron chi connectivity index (χ3n) is 4.54. The lowest BCUT2D eigenvalue weighted by Crippen LogP contribution is -2.42. The molecule has 0 aromatic carbocycles. The van der Waals surface area contributed by atoms with Crippen LogP contribution in [0.25, 0.3) is 0 Å². The average Bonchev–Trinajstić information content (AvgIpc) is 2.33. The summed E-state index contributed by atoms with van der Waals surface area (Å²) >= 11 is 2.08. The Hall–Kier alpha value is 0.310. The van der Waals surface area contributed by atoms with E-state index in [1.807, 2.05) is 0 Å². The highest BCUT2D eigenvalue weighted by Crippen LogP contribution is 2.28. The zero-order valence-corrected chi connectivity index (χ0v) is 12.2. The fraction of sp³-hybridized carbons (Fsp3) is 1.00. The van der Waals surface area contributed by atoms with Gasteiger partial charge in [-0.3, -0.25) is 0 Å². The van der Waals surface area contributed by atoms with Crippen LogP contribution in [0.4, 0.5) is 0 Å². The Labute approximate surface area is 112 Å². The van der Waals surface area contributed by atoms with Gasteiger partial charge in [0.05, 0.1) is 0 Å². The first-order valence-corrected chi connectivity index (χ1v) is 8.96. The van der Waals surface area contributed by atoms with Crippen molar-refractivity contribution in [3.8, 4) is 0 Å². The second-order valence-corrected chi connectivity index (χ2v) is 7.07. The molecule has 0 aromatic rings. The molecule has 2 heteroatoms. The van der Waals surface area contributed by atoms with Crippen molar-refractivity contribution >= 4 is 11.8 Å². The minimum Gasteiger partial charge on any atom is -0.311 e. The Morgan fingerprint density at radius 1 is 0.765 bits per heavy atom. The fourth-order valence-corrected chi connectivity index (χ4v) is 4.29. The largest absolute Gasteiger partial charge is 0.311 e. The lowest BCUT2D eigenvalue weighted by Gasteiger charge is -2.33. The molecule has 2 aliphatic carbocycles. The average molecular weight is 255 g/mol. The van der Waals surface area contributed by atoms with Gasteiger partial charge in [-0.05, 0) is 38.4 Å². The van der Waals surface area contributed by atoms with E-state index < -0.39 is 0 Å². The van der Waals surface area contributed by atoms with Crippen LogP contribution in [0.2, 0.25) is 0 Å². The maximum atomic E-state index is 3.98. The van der Waals surface area contributed by atoms with Gasteiger partial charge in [0.2, 0.25) is 0 Å². The molecular weight excluding hydrogens is 226 g/mol. The molecule has 2 rings (SSSR count). The molecule has 0 aromatic heterocycles. The molecule has 100 valence electrons. The van der Waals surface area contributed by atoms with E-state index in [1.165, 1.54) is 70.6 Å². The summed E-state index contributed by atoms with van der Waals surface area (Å²) in [4.78, 5) is 0. The molecule has 0 aliphatic heterocycles. The highest BCUT2D eigenvalue weighted by molar-refractivity contribution is 7.99. The summed E-state index contributed by atoms with van der Waals surface area (Å²) in [6, 6.07) is 1.66. The van der Waals surface area contributed by atoms with Crippen LogP contribution in [0, 0.1) is 0 Å². The molecule has 1 nitrogen and oxygen atoms in total. The molecule has 0 heterocycles. The third kappa shape index (κ3) is 4.82. The van der Waals surface area contributed by atoms with Gasteiger partial charge in [0.1, 0.15) is 0 Å². The summed E-state index contributed by atoms with van der Waals surface area (Å²) in [5, 5.41) is 4.90. The fourth-order valence-electron chi connectivity index (χ4n) is 3.47. The van der Waals surface area contributed by atoms with Crippen molar-refractivity contribution < 1.29 is 0 Å². The number of rotatable bonds is 3. The van der Waals surface area contributed by atoms with Crippen LogP contribution in [0.5, 0.6) is 0 Å². The van der Waals surface area contributed by atoms with Crippen molar-refractivity contribution in [2.45, 2.75) is 88.0 Å². The van der Waals surface area contributed by atoms with Crippen LogP contribution >= 0.6 is 11.8 Å². The van der Waals surface area contributed by atoms with E-state index in [9.17, 15) is 0 Å². The first-order valence-electron chi connectivity index (χ1n) is 7.67. The molecular formula is C15H29NS. The Morgan fingerprint density at radius 2 is 1.41 bits per heavy atom. The summed E-state index contributed by atoms with van der Waals surface area (Å²) < 4.78 is 0. The minimum atomic E-state index is 0.825. The zero-order valence-electron chi connectivity index (χ0n) is 11.4. The Kier molecular flexibility index (Phi) is 6.21. The topological polar surface area (TPSA) is 12.0 Å². The smallest absolute Gasteiger partial charge is 0.00801 e. The molecule has 0 amide bonds. The second-order valence-electron chi connectivity index (χ2n) is 5.93. The van der Waals surface area contributed by atoms with Gasteiger partial charge >= 0.3 is 0 Å². The second kappa shape index (κ2) is 7.68. The molecule has 0 spiro atoms. The molecule has 0 radical (unpaired) electrons. The quantitative estimate of drug-likeness (QED) is 0.804. The summed E-state index contributed by atoms with van der Waals surface area (Å²) in [5.74, 6) is 0. The van der Waals surface area contributed by atoms with Crippen molar-refractivity contribution in [2.24, 2.45) is 0 Å². The van der Waals surface area contributed by atoms with Crippen molar-refractivity contribution in [1.82, 2.24) is 5.32 Å². The molecule has 0 bridgehead atoms. The molecule has 2 unspecified atom stereocenters. The summed E-state index contributed by atoms with van der Waals surface area (Å²) in [5.41, 5.74) is 0. The Balaban J connectivity index is 1.74. The van der Waals surface area contributed by atoms with Gasteiger partial charge in [0.25, 0.3) is 0 Å². The van der Waals surface area contributed by atoms with Crippen LogP contribution in [0.1, 0.15) is 70.6 Å². The van der Waals surface area contributed by atoms with E-state index in [2.05, 4.69) is 23.3 Å². The number of thioether (sulfide) groups is 1. The van der Waals surface area contributed by atoms with Crippen LogP contribution in [-0.2, 0) is 0 Å². The van der Waals surface area contributed by atoms with E-state index in [-0.39, 0.29) is 0 Å². The third-order valence-corrected chi connectivity index (χ3v) is 5.63. The molecule has 2 aliphatic rings. The van der Waals surface area contributed by atoms with E-state index >= 15 is 0 Å². The van der Waals surface area contributed by atoms with Crippen molar-refractivity contribution in [1.29, 1.82) is 0 Å². The highest BCUT2D eigenvalue weighted by Gasteiger charge is 2.23. The first kappa shape index (κ1) is 13.7. The molecule has 17 heavy (non-hydrogen) atoms. The number of hydrogen-bond donors (Lipinski definition) is 1. The van der Waals surface area contributed by atoms with E-state index in [4.69, 9.17) is 0 Å². The summed E-state index contributed by atoms with van der Waals surface area (Å²) in [6.07, 6.45) is 18.2. The monoisotopic (exact) mass is 255 g/mol. The van der Waals surface area contributed by atoms with Gasteiger partial charge in [-0.2, -0.15) is 11.8 Å². The Morgan fingerprint density at radius 3 is 2.12 bits per heavy atom. The van der Waals surface area contributed by atoms with Crippen LogP contribution in [0.3, 0.4) is 0 Å². The van der Waals surface area contributed by atoms with Crippen molar-refractivity contribution in [2.75, 3.05) is 6.26 Å². The van der Waals surface area contributed by atoms with Gasteiger partial charge in [-0.15, -0.1) is 0 Å². The first-order chi connectivity index (χ1) is 8.38. The van der Waals surface area contributed by atoms with E-state index in [0.29, 0.717) is 0 Å². The van der Waals surface area contributed by atoms with Gasteiger partial charge in [-0.25, -0.2) is 0 Å². The van der Waals surface area contributed by atoms with Gasteiger partial charge < -0.3 is 5.32 Å². The molecule has 1 N–H and O–H groups in total. The van der Waals surface area contributed by atoms with Crippen LogP contribution in [0.15, 0.2) is 0 Å². The molecule has 0 saturated heterocycles. The Bertz CT molecular complexity index is 199. The zero-order chi connectivity index (χ0) is 11.9. The summed E-state index contributed by atoms with van der Waals surface area (Å²) in [7, 11) is 0. The van der Waals surface area contributed by atoms with E-state index in [1.54, 1.807) is 0 Å². The summed E-state index contributed by atoms with van der Waals surface area (Å²) in [6.45, 7) is 0. The SMILES string of the molecule is CSC1CCCC(NC2CCCCCCC2)C1. The lowest BCUT2D eigenvalue weighted by atomic mass is 9.91. The van der Waals surface area contributed by atoms with E-state index in [0.717, 1.165) is 17.3 Å². The molecule has 2 atom stereocenters. The van der Waals surface area contributed by atoms with Gasteiger partial charge in [0, 0.05) is 17.3 Å². The van der Waals surface area contributed by atoms with Gasteiger partial charge in [0.15, 0.2) is 0 Å². The highest BCUT2D eigenvalue weighted by atomic mass is 32.2. The van der Waals surface area contributed by atoms with Crippen molar-refractivity contribution in [3.05, 3.63) is 0 Å². The van der Waals surface area contributed by atoms with Crippen molar-refractivity contribution in [3.63, 3.8) is 0 Å². The predicted octanol–water partition coefficient (Wildman–Crippen LogP) is 4.36. The predicted molar refractivity (Wildman–Crippen MR) is 78.8 cm³/mol. The molecule has 2 saturated carbocycles. The molecule has 2 fully saturated rings. The minimum absolute atomic E-state index is 0.825.